The fourth-order valence-corrected chi connectivity index (χ4v) is 1.96. The van der Waals surface area contributed by atoms with Gasteiger partial charge < -0.3 is 10.2 Å². The third kappa shape index (κ3) is 6.51. The largest absolute Gasteiger partial charge is 0.370 e. The SMILES string of the molecule is CCN(CCNC(=O)CC(F)(F)CCF)c1ccccc1. The molecule has 0 aromatic heterocycles. The molecule has 0 radical (unpaired) electrons. The van der Waals surface area contributed by atoms with Crippen LogP contribution in [0.4, 0.5) is 18.9 Å². The van der Waals surface area contributed by atoms with Gasteiger partial charge in [-0.05, 0) is 19.1 Å². The molecule has 0 heterocycles. The van der Waals surface area contributed by atoms with Gasteiger partial charge >= 0.3 is 0 Å². The van der Waals surface area contributed by atoms with E-state index in [4.69, 9.17) is 0 Å². The smallest absolute Gasteiger partial charge is 0.259 e. The van der Waals surface area contributed by atoms with Crippen LogP contribution in [0.1, 0.15) is 19.8 Å². The van der Waals surface area contributed by atoms with E-state index in [0.717, 1.165) is 12.2 Å². The van der Waals surface area contributed by atoms with Crippen molar-refractivity contribution in [2.45, 2.75) is 25.7 Å². The lowest BCUT2D eigenvalue weighted by Crippen LogP contribution is -2.37. The van der Waals surface area contributed by atoms with Crippen molar-refractivity contribution in [3.63, 3.8) is 0 Å². The van der Waals surface area contributed by atoms with Crippen LogP contribution in [0.5, 0.6) is 0 Å². The van der Waals surface area contributed by atoms with Gasteiger partial charge in [0.2, 0.25) is 5.91 Å². The van der Waals surface area contributed by atoms with Crippen molar-refractivity contribution in [3.05, 3.63) is 30.3 Å². The summed E-state index contributed by atoms with van der Waals surface area (Å²) < 4.78 is 38.1. The molecule has 0 aliphatic heterocycles. The molecule has 0 unspecified atom stereocenters. The van der Waals surface area contributed by atoms with Crippen molar-refractivity contribution in [1.82, 2.24) is 5.32 Å². The highest BCUT2D eigenvalue weighted by Gasteiger charge is 2.31. The van der Waals surface area contributed by atoms with Crippen molar-refractivity contribution in [3.8, 4) is 0 Å². The first-order valence-electron chi connectivity index (χ1n) is 6.99. The molecule has 0 fully saturated rings. The van der Waals surface area contributed by atoms with E-state index in [2.05, 4.69) is 5.32 Å². The van der Waals surface area contributed by atoms with Crippen molar-refractivity contribution in [2.75, 3.05) is 31.2 Å². The van der Waals surface area contributed by atoms with Crippen molar-refractivity contribution in [1.29, 1.82) is 0 Å². The van der Waals surface area contributed by atoms with E-state index in [9.17, 15) is 18.0 Å². The van der Waals surface area contributed by atoms with Crippen LogP contribution in [0.3, 0.4) is 0 Å². The van der Waals surface area contributed by atoms with E-state index in [0.29, 0.717) is 6.54 Å². The number of benzene rings is 1. The number of alkyl halides is 3. The molecule has 21 heavy (non-hydrogen) atoms. The Labute approximate surface area is 123 Å². The van der Waals surface area contributed by atoms with Crippen molar-refractivity contribution >= 4 is 11.6 Å². The van der Waals surface area contributed by atoms with Gasteiger partial charge in [-0.1, -0.05) is 18.2 Å². The zero-order chi connectivity index (χ0) is 15.7. The summed E-state index contributed by atoms with van der Waals surface area (Å²) in [6, 6.07) is 9.62. The molecular weight excluding hydrogens is 281 g/mol. The lowest BCUT2D eigenvalue weighted by Gasteiger charge is -2.23. The molecule has 1 rings (SSSR count). The lowest BCUT2D eigenvalue weighted by atomic mass is 10.2. The van der Waals surface area contributed by atoms with Crippen LogP contribution in [-0.2, 0) is 4.79 Å². The summed E-state index contributed by atoms with van der Waals surface area (Å²) in [5.74, 6) is -4.03. The first-order chi connectivity index (χ1) is 9.98. The number of hydrogen-bond acceptors (Lipinski definition) is 2. The van der Waals surface area contributed by atoms with E-state index in [-0.39, 0.29) is 6.54 Å². The Kier molecular flexibility index (Phi) is 7.05. The second-order valence-corrected chi connectivity index (χ2v) is 4.74. The fourth-order valence-electron chi connectivity index (χ4n) is 1.96. The van der Waals surface area contributed by atoms with E-state index in [1.54, 1.807) is 0 Å². The molecule has 0 aliphatic carbocycles. The minimum Gasteiger partial charge on any atom is -0.370 e. The fraction of sp³-hybridized carbons (Fsp3) is 0.533. The lowest BCUT2D eigenvalue weighted by molar-refractivity contribution is -0.128. The normalized spacial score (nSPS) is 11.2. The number of anilines is 1. The van der Waals surface area contributed by atoms with Gasteiger partial charge in [0.15, 0.2) is 0 Å². The molecular formula is C15H21F3N2O. The maximum Gasteiger partial charge on any atom is 0.259 e. The van der Waals surface area contributed by atoms with Gasteiger partial charge in [-0.3, -0.25) is 9.18 Å². The Morgan fingerprint density at radius 1 is 1.29 bits per heavy atom. The van der Waals surface area contributed by atoms with Crippen LogP contribution >= 0.6 is 0 Å². The number of carbonyl (C=O) groups excluding carboxylic acids is 1. The summed E-state index contributed by atoms with van der Waals surface area (Å²) in [5, 5.41) is 2.45. The predicted molar refractivity (Wildman–Crippen MR) is 77.5 cm³/mol. The molecule has 1 aromatic carbocycles. The Balaban J connectivity index is 2.36. The highest BCUT2D eigenvalue weighted by Crippen LogP contribution is 2.22. The topological polar surface area (TPSA) is 32.3 Å². The molecule has 3 nitrogen and oxygen atoms in total. The van der Waals surface area contributed by atoms with E-state index >= 15 is 0 Å². The molecule has 0 aliphatic rings. The first kappa shape index (κ1) is 17.3. The van der Waals surface area contributed by atoms with Crippen molar-refractivity contribution in [2.24, 2.45) is 0 Å². The molecule has 0 spiro atoms. The summed E-state index contributed by atoms with van der Waals surface area (Å²) >= 11 is 0. The number of para-hydroxylation sites is 1. The second kappa shape index (κ2) is 8.54. The van der Waals surface area contributed by atoms with Gasteiger partial charge in [0, 0.05) is 31.7 Å². The third-order valence-corrected chi connectivity index (χ3v) is 3.09. The van der Waals surface area contributed by atoms with Crippen LogP contribution < -0.4 is 10.2 Å². The molecule has 0 saturated carbocycles. The van der Waals surface area contributed by atoms with E-state index in [1.807, 2.05) is 42.2 Å². The number of nitrogens with one attached hydrogen (secondary N) is 1. The number of carbonyl (C=O) groups is 1. The molecule has 0 bridgehead atoms. The number of nitrogens with zero attached hydrogens (tertiary/aromatic N) is 1. The second-order valence-electron chi connectivity index (χ2n) is 4.74. The van der Waals surface area contributed by atoms with Crippen LogP contribution in [0.2, 0.25) is 0 Å². The molecule has 6 heteroatoms. The molecule has 1 N–H and O–H groups in total. The Bertz CT molecular complexity index is 426. The van der Waals surface area contributed by atoms with Gasteiger partial charge in [-0.2, -0.15) is 0 Å². The van der Waals surface area contributed by atoms with E-state index in [1.165, 1.54) is 0 Å². The average molecular weight is 302 g/mol. The quantitative estimate of drug-likeness (QED) is 0.760. The Morgan fingerprint density at radius 2 is 1.95 bits per heavy atom. The first-order valence-corrected chi connectivity index (χ1v) is 6.99. The zero-order valence-corrected chi connectivity index (χ0v) is 12.1. The monoisotopic (exact) mass is 302 g/mol. The van der Waals surface area contributed by atoms with Crippen LogP contribution in [0.25, 0.3) is 0 Å². The number of hydrogen-bond donors (Lipinski definition) is 1. The number of amides is 1. The Morgan fingerprint density at radius 3 is 2.52 bits per heavy atom. The maximum atomic E-state index is 13.1. The molecule has 0 saturated heterocycles. The van der Waals surface area contributed by atoms with Crippen LogP contribution in [0, 0.1) is 0 Å². The van der Waals surface area contributed by atoms with Gasteiger partial charge in [-0.15, -0.1) is 0 Å². The molecule has 0 atom stereocenters. The molecule has 118 valence electrons. The van der Waals surface area contributed by atoms with E-state index < -0.39 is 31.3 Å². The summed E-state index contributed by atoms with van der Waals surface area (Å²) in [5.41, 5.74) is 1.01. The molecule has 1 aromatic rings. The summed E-state index contributed by atoms with van der Waals surface area (Å²) in [6.45, 7) is 2.40. The number of likely N-dealkylation sites (N-methyl/N-ethyl adjacent to an activating group) is 1. The minimum absolute atomic E-state index is 0.271. The van der Waals surface area contributed by atoms with Gasteiger partial charge in [0.05, 0.1) is 13.1 Å². The summed E-state index contributed by atoms with van der Waals surface area (Å²) in [4.78, 5) is 13.4. The van der Waals surface area contributed by atoms with Gasteiger partial charge in [0.25, 0.3) is 5.92 Å². The van der Waals surface area contributed by atoms with Gasteiger partial charge in [-0.25, -0.2) is 8.78 Å². The summed E-state index contributed by atoms with van der Waals surface area (Å²) in [6.07, 6.45) is -1.88. The van der Waals surface area contributed by atoms with Gasteiger partial charge in [0.1, 0.15) is 0 Å². The van der Waals surface area contributed by atoms with Crippen molar-refractivity contribution < 1.29 is 18.0 Å². The Hall–Kier alpha value is -1.72. The number of rotatable bonds is 9. The highest BCUT2D eigenvalue weighted by atomic mass is 19.3. The van der Waals surface area contributed by atoms with Crippen LogP contribution in [-0.4, -0.2) is 38.1 Å². The minimum atomic E-state index is -3.28. The maximum absolute atomic E-state index is 13.1. The highest BCUT2D eigenvalue weighted by molar-refractivity contribution is 5.76. The summed E-state index contributed by atoms with van der Waals surface area (Å²) in [7, 11) is 0. The standard InChI is InChI=1S/C15H21F3N2O/c1-2-20(13-6-4-3-5-7-13)11-10-19-14(21)12-15(17,18)8-9-16/h3-7H,2,8-12H2,1H3,(H,19,21). The predicted octanol–water partition coefficient (Wildman–Crippen LogP) is 3.01. The van der Waals surface area contributed by atoms with Crippen LogP contribution in [0.15, 0.2) is 30.3 Å². The molecule has 1 amide bonds. The zero-order valence-electron chi connectivity index (χ0n) is 12.1. The third-order valence-electron chi connectivity index (χ3n) is 3.09. The number of halogens is 3. The average Bonchev–Trinajstić information content (AvgIpc) is 2.44.